The van der Waals surface area contributed by atoms with Crippen molar-refractivity contribution < 1.29 is 22.8 Å². The van der Waals surface area contributed by atoms with Crippen LogP contribution in [0.25, 0.3) is 0 Å². The number of nitrogens with zero attached hydrogens (tertiary/aromatic N) is 1. The molecule has 148 valence electrons. The Morgan fingerprint density at radius 3 is 2.71 bits per heavy atom. The Morgan fingerprint density at radius 2 is 2.00 bits per heavy atom. The summed E-state index contributed by atoms with van der Waals surface area (Å²) in [6.07, 6.45) is -4.42. The highest BCUT2D eigenvalue weighted by Crippen LogP contribution is 2.30. The Bertz CT molecular complexity index is 915. The van der Waals surface area contributed by atoms with Gasteiger partial charge in [-0.05, 0) is 42.3 Å². The van der Waals surface area contributed by atoms with Gasteiger partial charge in [0.1, 0.15) is 0 Å². The highest BCUT2D eigenvalue weighted by molar-refractivity contribution is 6.31. The van der Waals surface area contributed by atoms with E-state index in [4.69, 9.17) is 11.6 Å². The molecule has 2 aromatic rings. The van der Waals surface area contributed by atoms with Gasteiger partial charge in [-0.3, -0.25) is 9.59 Å². The fourth-order valence-electron chi connectivity index (χ4n) is 3.13. The molecule has 1 saturated heterocycles. The summed E-state index contributed by atoms with van der Waals surface area (Å²) in [5.74, 6) is -1.15. The van der Waals surface area contributed by atoms with Crippen molar-refractivity contribution in [3.8, 4) is 0 Å². The van der Waals surface area contributed by atoms with Crippen LogP contribution in [0.4, 0.5) is 18.9 Å². The number of aryl methyl sites for hydroxylation is 1. The molecule has 3 rings (SSSR count). The number of rotatable bonds is 4. The molecule has 1 fully saturated rings. The molecular weight excluding hydrogens is 393 g/mol. The van der Waals surface area contributed by atoms with Crippen LogP contribution in [0.5, 0.6) is 0 Å². The van der Waals surface area contributed by atoms with E-state index in [1.807, 2.05) is 6.92 Å². The lowest BCUT2D eigenvalue weighted by atomic mass is 10.1. The van der Waals surface area contributed by atoms with Crippen molar-refractivity contribution in [3.63, 3.8) is 0 Å². The van der Waals surface area contributed by atoms with Crippen LogP contribution < -0.4 is 5.32 Å². The van der Waals surface area contributed by atoms with E-state index < -0.39 is 17.7 Å². The van der Waals surface area contributed by atoms with E-state index in [0.717, 1.165) is 17.7 Å². The lowest BCUT2D eigenvalue weighted by Crippen LogP contribution is -2.28. The van der Waals surface area contributed by atoms with Crippen molar-refractivity contribution in [3.05, 3.63) is 64.2 Å². The molecule has 1 aliphatic rings. The highest BCUT2D eigenvalue weighted by atomic mass is 35.5. The Morgan fingerprint density at radius 1 is 1.25 bits per heavy atom. The molecule has 0 radical (unpaired) electrons. The van der Waals surface area contributed by atoms with Crippen molar-refractivity contribution in [2.75, 3.05) is 11.9 Å². The van der Waals surface area contributed by atoms with Gasteiger partial charge in [-0.2, -0.15) is 13.2 Å². The maximum Gasteiger partial charge on any atom is 0.416 e. The quantitative estimate of drug-likeness (QED) is 0.797. The van der Waals surface area contributed by atoms with Crippen LogP contribution in [0.1, 0.15) is 23.1 Å². The molecule has 2 amide bonds. The maximum absolute atomic E-state index is 12.9. The molecular formula is C20H18ClF3N2O2. The maximum atomic E-state index is 12.9. The van der Waals surface area contributed by atoms with Crippen LogP contribution in [0, 0.1) is 12.8 Å². The van der Waals surface area contributed by atoms with Gasteiger partial charge in [-0.25, -0.2) is 0 Å². The molecule has 8 heteroatoms. The van der Waals surface area contributed by atoms with Gasteiger partial charge in [0, 0.05) is 30.2 Å². The van der Waals surface area contributed by atoms with Crippen LogP contribution in [-0.2, 0) is 22.3 Å². The number of carbonyl (C=O) groups is 2. The number of nitrogens with one attached hydrogen (secondary N) is 1. The molecule has 0 aliphatic carbocycles. The molecule has 0 bridgehead atoms. The molecule has 1 heterocycles. The average molecular weight is 411 g/mol. The molecule has 0 saturated carbocycles. The first-order chi connectivity index (χ1) is 13.1. The van der Waals surface area contributed by atoms with Crippen molar-refractivity contribution in [2.24, 2.45) is 5.92 Å². The fraction of sp³-hybridized carbons (Fsp3) is 0.300. The fourth-order valence-corrected chi connectivity index (χ4v) is 3.30. The SMILES string of the molecule is Cc1ccc(Cl)cc1NC(=O)C1CC(=O)N(Cc2cccc(C(F)(F)F)c2)C1. The van der Waals surface area contributed by atoms with Crippen molar-refractivity contribution in [2.45, 2.75) is 26.1 Å². The van der Waals surface area contributed by atoms with Gasteiger partial charge in [-0.1, -0.05) is 29.8 Å². The van der Waals surface area contributed by atoms with Crippen LogP contribution in [-0.4, -0.2) is 23.3 Å². The van der Waals surface area contributed by atoms with Crippen LogP contribution in [0.15, 0.2) is 42.5 Å². The summed E-state index contributed by atoms with van der Waals surface area (Å²) in [6.45, 7) is 2.01. The third-order valence-corrected chi connectivity index (χ3v) is 4.91. The van der Waals surface area contributed by atoms with Gasteiger partial charge in [-0.15, -0.1) is 0 Å². The normalized spacial score (nSPS) is 17.1. The number of alkyl halides is 3. The standard InChI is InChI=1S/C20H18ClF3N2O2/c1-12-5-6-16(21)9-17(12)25-19(28)14-8-18(27)26(11-14)10-13-3-2-4-15(7-13)20(22,23)24/h2-7,9,14H,8,10-11H2,1H3,(H,25,28). The van der Waals surface area contributed by atoms with Crippen molar-refractivity contribution in [1.29, 1.82) is 0 Å². The minimum atomic E-state index is -4.44. The number of benzene rings is 2. The van der Waals surface area contributed by atoms with Gasteiger partial charge < -0.3 is 10.2 Å². The predicted octanol–water partition coefficient (Wildman–Crippen LogP) is 4.65. The second kappa shape index (κ2) is 7.83. The number of carbonyl (C=O) groups excluding carboxylic acids is 2. The number of likely N-dealkylation sites (tertiary alicyclic amines) is 1. The number of hydrogen-bond acceptors (Lipinski definition) is 2. The van der Waals surface area contributed by atoms with Crippen LogP contribution >= 0.6 is 11.6 Å². The van der Waals surface area contributed by atoms with Crippen molar-refractivity contribution >= 4 is 29.1 Å². The zero-order valence-corrected chi connectivity index (χ0v) is 15.8. The van der Waals surface area contributed by atoms with Gasteiger partial charge in [0.05, 0.1) is 11.5 Å². The molecule has 0 spiro atoms. The zero-order valence-electron chi connectivity index (χ0n) is 15.0. The van der Waals surface area contributed by atoms with E-state index in [9.17, 15) is 22.8 Å². The number of amides is 2. The molecule has 1 N–H and O–H groups in total. The molecule has 1 atom stereocenters. The van der Waals surface area contributed by atoms with Crippen molar-refractivity contribution in [1.82, 2.24) is 4.90 Å². The largest absolute Gasteiger partial charge is 0.416 e. The first kappa shape index (κ1) is 20.2. The molecule has 0 aromatic heterocycles. The molecule has 1 unspecified atom stereocenters. The summed E-state index contributed by atoms with van der Waals surface area (Å²) >= 11 is 5.95. The van der Waals surface area contributed by atoms with Gasteiger partial charge in [0.15, 0.2) is 0 Å². The minimum Gasteiger partial charge on any atom is -0.338 e. The Balaban J connectivity index is 1.66. The van der Waals surface area contributed by atoms with E-state index >= 15 is 0 Å². The predicted molar refractivity (Wildman–Crippen MR) is 99.8 cm³/mol. The second-order valence-electron chi connectivity index (χ2n) is 6.82. The summed E-state index contributed by atoms with van der Waals surface area (Å²) in [5, 5.41) is 3.26. The lowest BCUT2D eigenvalue weighted by Gasteiger charge is -2.18. The first-order valence-electron chi connectivity index (χ1n) is 8.64. The topological polar surface area (TPSA) is 49.4 Å². The molecule has 2 aromatic carbocycles. The highest BCUT2D eigenvalue weighted by Gasteiger charge is 2.35. The lowest BCUT2D eigenvalue weighted by molar-refractivity contribution is -0.137. The Hall–Kier alpha value is -2.54. The summed E-state index contributed by atoms with van der Waals surface area (Å²) in [5.41, 5.74) is 1.02. The van der Waals surface area contributed by atoms with E-state index in [2.05, 4.69) is 5.32 Å². The monoisotopic (exact) mass is 410 g/mol. The smallest absolute Gasteiger partial charge is 0.338 e. The van der Waals surface area contributed by atoms with E-state index in [1.54, 1.807) is 18.2 Å². The van der Waals surface area contributed by atoms with Crippen LogP contribution in [0.3, 0.4) is 0 Å². The van der Waals surface area contributed by atoms with Gasteiger partial charge >= 0.3 is 6.18 Å². The molecule has 4 nitrogen and oxygen atoms in total. The van der Waals surface area contributed by atoms with Gasteiger partial charge in [0.2, 0.25) is 11.8 Å². The Kier molecular flexibility index (Phi) is 5.65. The third kappa shape index (κ3) is 4.65. The first-order valence-corrected chi connectivity index (χ1v) is 9.02. The molecule has 28 heavy (non-hydrogen) atoms. The minimum absolute atomic E-state index is 0.0183. The summed E-state index contributed by atoms with van der Waals surface area (Å²) < 4.78 is 38.6. The average Bonchev–Trinajstić information content (AvgIpc) is 2.98. The zero-order chi connectivity index (χ0) is 20.5. The van der Waals surface area contributed by atoms with E-state index in [-0.39, 0.29) is 31.3 Å². The summed E-state index contributed by atoms with van der Waals surface area (Å²) in [6, 6.07) is 9.97. The molecule has 1 aliphatic heterocycles. The second-order valence-corrected chi connectivity index (χ2v) is 7.26. The van der Waals surface area contributed by atoms with E-state index in [1.165, 1.54) is 17.0 Å². The summed E-state index contributed by atoms with van der Waals surface area (Å²) in [7, 11) is 0. The number of anilines is 1. The van der Waals surface area contributed by atoms with E-state index in [0.29, 0.717) is 16.3 Å². The number of halogens is 4. The summed E-state index contributed by atoms with van der Waals surface area (Å²) in [4.78, 5) is 26.2. The van der Waals surface area contributed by atoms with Crippen LogP contribution in [0.2, 0.25) is 5.02 Å². The third-order valence-electron chi connectivity index (χ3n) is 4.67. The van der Waals surface area contributed by atoms with Gasteiger partial charge in [0.25, 0.3) is 0 Å². The number of hydrogen-bond donors (Lipinski definition) is 1. The Labute approximate surface area is 165 Å².